The number of hydrogen-bond acceptors (Lipinski definition) is 5. The van der Waals surface area contributed by atoms with E-state index in [4.69, 9.17) is 5.26 Å². The summed E-state index contributed by atoms with van der Waals surface area (Å²) in [5.74, 6) is 1.74. The van der Waals surface area contributed by atoms with Crippen LogP contribution in [0.4, 0.5) is 5.95 Å². The summed E-state index contributed by atoms with van der Waals surface area (Å²) in [6.45, 7) is 5.21. The standard InChI is InChI=1S/C21H20N6/c1-15-19(13-16-4-6-17(14-22)7-5-16)3-2-12-27(15)21-24-20(25-26-21)18-8-10-23-11-9-18/h4-11,19H,1-3,12-13H2,(H,24,25,26). The molecule has 0 saturated carbocycles. The molecule has 0 radical (unpaired) electrons. The van der Waals surface area contributed by atoms with E-state index in [0.717, 1.165) is 42.9 Å². The van der Waals surface area contributed by atoms with Crippen molar-refractivity contribution in [2.24, 2.45) is 5.92 Å². The quantitative estimate of drug-likeness (QED) is 0.770. The smallest absolute Gasteiger partial charge is 0.249 e. The highest BCUT2D eigenvalue weighted by Gasteiger charge is 2.27. The van der Waals surface area contributed by atoms with Gasteiger partial charge in [0.15, 0.2) is 5.82 Å². The number of rotatable bonds is 4. The van der Waals surface area contributed by atoms with Crippen molar-refractivity contribution in [2.45, 2.75) is 19.3 Å². The van der Waals surface area contributed by atoms with E-state index in [2.05, 4.69) is 37.7 Å². The lowest BCUT2D eigenvalue weighted by Crippen LogP contribution is -2.34. The predicted octanol–water partition coefficient (Wildman–Crippen LogP) is 3.71. The zero-order valence-electron chi connectivity index (χ0n) is 15.0. The van der Waals surface area contributed by atoms with E-state index in [1.807, 2.05) is 36.4 Å². The van der Waals surface area contributed by atoms with Gasteiger partial charge in [0, 0.05) is 36.1 Å². The number of piperidine rings is 1. The first kappa shape index (κ1) is 17.0. The number of aromatic amines is 1. The zero-order chi connectivity index (χ0) is 18.6. The van der Waals surface area contributed by atoms with Crippen LogP contribution >= 0.6 is 0 Å². The molecule has 3 aromatic rings. The molecule has 3 heterocycles. The third-order valence-electron chi connectivity index (χ3n) is 4.99. The van der Waals surface area contributed by atoms with Crippen LogP contribution in [0.1, 0.15) is 24.0 Å². The SMILES string of the molecule is C=C1C(Cc2ccc(C#N)cc2)CCCN1c1n[nH]c(-c2ccncc2)n1. The topological polar surface area (TPSA) is 81.5 Å². The van der Waals surface area contributed by atoms with Crippen molar-refractivity contribution in [3.05, 3.63) is 72.2 Å². The molecule has 1 saturated heterocycles. The Bertz CT molecular complexity index is 968. The Hall–Kier alpha value is -3.46. The average molecular weight is 356 g/mol. The van der Waals surface area contributed by atoms with Gasteiger partial charge in [0.25, 0.3) is 0 Å². The van der Waals surface area contributed by atoms with Gasteiger partial charge in [0.2, 0.25) is 5.95 Å². The Morgan fingerprint density at radius 1 is 1.19 bits per heavy atom. The summed E-state index contributed by atoms with van der Waals surface area (Å²) in [6, 6.07) is 13.8. The van der Waals surface area contributed by atoms with E-state index in [1.165, 1.54) is 5.56 Å². The highest BCUT2D eigenvalue weighted by Crippen LogP contribution is 2.32. The molecule has 1 unspecified atom stereocenters. The lowest BCUT2D eigenvalue weighted by molar-refractivity contribution is 0.471. The van der Waals surface area contributed by atoms with Crippen LogP contribution < -0.4 is 4.90 Å². The highest BCUT2D eigenvalue weighted by molar-refractivity contribution is 5.56. The van der Waals surface area contributed by atoms with Crippen LogP contribution in [0.15, 0.2) is 61.1 Å². The average Bonchev–Trinajstić information content (AvgIpc) is 3.21. The lowest BCUT2D eigenvalue weighted by atomic mass is 9.88. The first-order chi connectivity index (χ1) is 13.2. The van der Waals surface area contributed by atoms with Crippen LogP contribution in [-0.4, -0.2) is 26.7 Å². The molecule has 27 heavy (non-hydrogen) atoms. The fourth-order valence-corrected chi connectivity index (χ4v) is 3.49. The summed E-state index contributed by atoms with van der Waals surface area (Å²) in [7, 11) is 0. The molecule has 0 amide bonds. The molecule has 0 bridgehead atoms. The summed E-state index contributed by atoms with van der Waals surface area (Å²) in [5, 5.41) is 16.4. The molecule has 4 rings (SSSR count). The molecule has 0 spiro atoms. The van der Waals surface area contributed by atoms with Crippen molar-refractivity contribution in [1.29, 1.82) is 5.26 Å². The Labute approximate surface area is 158 Å². The Morgan fingerprint density at radius 3 is 2.70 bits per heavy atom. The van der Waals surface area contributed by atoms with Gasteiger partial charge in [-0.25, -0.2) is 0 Å². The van der Waals surface area contributed by atoms with Crippen molar-refractivity contribution in [3.8, 4) is 17.5 Å². The lowest BCUT2D eigenvalue weighted by Gasteiger charge is -2.34. The largest absolute Gasteiger partial charge is 0.313 e. The summed E-state index contributed by atoms with van der Waals surface area (Å²) in [5.41, 5.74) is 3.91. The van der Waals surface area contributed by atoms with Crippen LogP contribution in [-0.2, 0) is 6.42 Å². The molecule has 1 atom stereocenters. The van der Waals surface area contributed by atoms with Crippen LogP contribution in [0.25, 0.3) is 11.4 Å². The molecule has 1 aromatic carbocycles. The number of pyridine rings is 1. The number of allylic oxidation sites excluding steroid dienone is 1. The first-order valence-corrected chi connectivity index (χ1v) is 9.03. The zero-order valence-corrected chi connectivity index (χ0v) is 15.0. The van der Waals surface area contributed by atoms with Gasteiger partial charge in [-0.3, -0.25) is 10.1 Å². The van der Waals surface area contributed by atoms with Gasteiger partial charge in [0.05, 0.1) is 11.6 Å². The summed E-state index contributed by atoms with van der Waals surface area (Å²) in [4.78, 5) is 10.8. The molecule has 1 aliphatic rings. The maximum atomic E-state index is 8.95. The summed E-state index contributed by atoms with van der Waals surface area (Å²) < 4.78 is 0. The number of nitriles is 1. The van der Waals surface area contributed by atoms with Crippen LogP contribution in [0.5, 0.6) is 0 Å². The molecule has 6 nitrogen and oxygen atoms in total. The molecule has 6 heteroatoms. The summed E-state index contributed by atoms with van der Waals surface area (Å²) >= 11 is 0. The van der Waals surface area contributed by atoms with Crippen LogP contribution in [0, 0.1) is 17.2 Å². The minimum absolute atomic E-state index is 0.342. The van der Waals surface area contributed by atoms with E-state index in [0.29, 0.717) is 17.4 Å². The van der Waals surface area contributed by atoms with Gasteiger partial charge in [-0.15, -0.1) is 5.10 Å². The van der Waals surface area contributed by atoms with E-state index in [9.17, 15) is 0 Å². The molecule has 1 fully saturated rings. The number of benzene rings is 1. The third-order valence-corrected chi connectivity index (χ3v) is 4.99. The van der Waals surface area contributed by atoms with Crippen LogP contribution in [0.2, 0.25) is 0 Å². The molecule has 134 valence electrons. The second-order valence-electron chi connectivity index (χ2n) is 6.71. The van der Waals surface area contributed by atoms with Crippen molar-refractivity contribution in [3.63, 3.8) is 0 Å². The fourth-order valence-electron chi connectivity index (χ4n) is 3.49. The van der Waals surface area contributed by atoms with Gasteiger partial charge < -0.3 is 4.90 Å². The van der Waals surface area contributed by atoms with Gasteiger partial charge in [-0.05, 0) is 49.1 Å². The number of H-pyrrole nitrogens is 1. The number of aromatic nitrogens is 4. The maximum absolute atomic E-state index is 8.95. The maximum Gasteiger partial charge on any atom is 0.249 e. The monoisotopic (exact) mass is 356 g/mol. The Kier molecular flexibility index (Phi) is 4.67. The second kappa shape index (κ2) is 7.42. The number of nitrogens with one attached hydrogen (secondary N) is 1. The normalized spacial score (nSPS) is 16.9. The van der Waals surface area contributed by atoms with Gasteiger partial charge in [0.1, 0.15) is 0 Å². The number of anilines is 1. The predicted molar refractivity (Wildman–Crippen MR) is 104 cm³/mol. The minimum Gasteiger partial charge on any atom is -0.313 e. The fraction of sp³-hybridized carbons (Fsp3) is 0.238. The Balaban J connectivity index is 1.50. The highest BCUT2D eigenvalue weighted by atomic mass is 15.4. The first-order valence-electron chi connectivity index (χ1n) is 9.03. The number of nitrogens with zero attached hydrogens (tertiary/aromatic N) is 5. The summed E-state index contributed by atoms with van der Waals surface area (Å²) in [6.07, 6.45) is 6.55. The van der Waals surface area contributed by atoms with E-state index in [-0.39, 0.29) is 0 Å². The van der Waals surface area contributed by atoms with E-state index in [1.54, 1.807) is 12.4 Å². The molecule has 1 N–H and O–H groups in total. The Morgan fingerprint density at radius 2 is 1.96 bits per heavy atom. The van der Waals surface area contributed by atoms with Crippen molar-refractivity contribution in [1.82, 2.24) is 20.2 Å². The van der Waals surface area contributed by atoms with Crippen molar-refractivity contribution < 1.29 is 0 Å². The second-order valence-corrected chi connectivity index (χ2v) is 6.71. The molecular weight excluding hydrogens is 336 g/mol. The molecular formula is C21H20N6. The van der Waals surface area contributed by atoms with Crippen molar-refractivity contribution >= 4 is 5.95 Å². The molecule has 0 aliphatic carbocycles. The molecule has 1 aliphatic heterocycles. The van der Waals surface area contributed by atoms with Crippen LogP contribution in [0.3, 0.4) is 0 Å². The van der Waals surface area contributed by atoms with E-state index >= 15 is 0 Å². The van der Waals surface area contributed by atoms with Crippen molar-refractivity contribution in [2.75, 3.05) is 11.4 Å². The third kappa shape index (κ3) is 3.58. The van der Waals surface area contributed by atoms with E-state index < -0.39 is 0 Å². The van der Waals surface area contributed by atoms with Gasteiger partial charge in [-0.1, -0.05) is 18.7 Å². The molecule has 2 aromatic heterocycles. The van der Waals surface area contributed by atoms with Gasteiger partial charge >= 0.3 is 0 Å². The number of hydrogen-bond donors (Lipinski definition) is 1. The van der Waals surface area contributed by atoms with Gasteiger partial charge in [-0.2, -0.15) is 10.2 Å². The minimum atomic E-state index is 0.342.